The molecule has 1 amide bonds. The van der Waals surface area contributed by atoms with Gasteiger partial charge in [0.1, 0.15) is 0 Å². The van der Waals surface area contributed by atoms with Gasteiger partial charge in [-0.1, -0.05) is 0 Å². The lowest BCUT2D eigenvalue weighted by Gasteiger charge is -2.15. The minimum absolute atomic E-state index is 0.0207. The highest BCUT2D eigenvalue weighted by atomic mass is 127. The average molecular weight is 458 g/mol. The molecule has 0 atom stereocenters. The van der Waals surface area contributed by atoms with Crippen LogP contribution in [0.4, 0.5) is 20.2 Å². The lowest BCUT2D eigenvalue weighted by atomic mass is 10.1. The number of carbonyl (C=O) groups excluding carboxylic acids is 1. The summed E-state index contributed by atoms with van der Waals surface area (Å²) in [6.07, 6.45) is 2.17. The zero-order chi connectivity index (χ0) is 18.0. The molecule has 0 aromatic heterocycles. The largest absolute Gasteiger partial charge is 0.352 e. The van der Waals surface area contributed by atoms with E-state index in [1.165, 1.54) is 6.07 Å². The van der Waals surface area contributed by atoms with E-state index in [-0.39, 0.29) is 11.3 Å². The highest BCUT2D eigenvalue weighted by molar-refractivity contribution is 14.1. The first-order valence-corrected chi connectivity index (χ1v) is 8.97. The maximum atomic E-state index is 14.3. The van der Waals surface area contributed by atoms with Crippen LogP contribution in [-0.2, 0) is 4.84 Å². The summed E-state index contributed by atoms with van der Waals surface area (Å²) in [5.41, 5.74) is 3.51. The number of carbonyl (C=O) groups is 1. The summed E-state index contributed by atoms with van der Waals surface area (Å²) in [6, 6.07) is 7.66. The molecule has 1 aliphatic rings. The van der Waals surface area contributed by atoms with Crippen molar-refractivity contribution >= 4 is 39.9 Å². The maximum absolute atomic E-state index is 14.3. The fourth-order valence-electron chi connectivity index (χ4n) is 2.33. The van der Waals surface area contributed by atoms with Gasteiger partial charge in [0.05, 0.1) is 17.9 Å². The molecule has 2 N–H and O–H groups in total. The summed E-state index contributed by atoms with van der Waals surface area (Å²) < 4.78 is 29.0. The van der Waals surface area contributed by atoms with Crippen molar-refractivity contribution < 1.29 is 18.4 Å². The number of hydrogen-bond donors (Lipinski definition) is 2. The Labute approximate surface area is 158 Å². The van der Waals surface area contributed by atoms with E-state index in [1.54, 1.807) is 6.07 Å². The van der Waals surface area contributed by atoms with Crippen LogP contribution >= 0.6 is 22.6 Å². The van der Waals surface area contributed by atoms with Crippen molar-refractivity contribution in [1.29, 1.82) is 0 Å². The highest BCUT2D eigenvalue weighted by Crippen LogP contribution is 2.30. The summed E-state index contributed by atoms with van der Waals surface area (Å²) in [5.74, 6) is -2.28. The Morgan fingerprint density at radius 1 is 1.28 bits per heavy atom. The van der Waals surface area contributed by atoms with E-state index in [9.17, 15) is 13.6 Å². The lowest BCUT2D eigenvalue weighted by Crippen LogP contribution is -2.26. The summed E-state index contributed by atoms with van der Waals surface area (Å²) >= 11 is 2.17. The van der Waals surface area contributed by atoms with Crippen LogP contribution < -0.4 is 10.8 Å². The Morgan fingerprint density at radius 3 is 2.72 bits per heavy atom. The molecule has 4 nitrogen and oxygen atoms in total. The molecule has 3 rings (SSSR count). The molecule has 7 heteroatoms. The number of amides is 1. The second kappa shape index (κ2) is 7.65. The molecule has 1 aliphatic carbocycles. The first kappa shape index (κ1) is 18.1. The van der Waals surface area contributed by atoms with Gasteiger partial charge in [-0.25, -0.2) is 14.3 Å². The molecule has 0 bridgehead atoms. The maximum Gasteiger partial charge on any atom is 0.277 e. The minimum Gasteiger partial charge on any atom is -0.352 e. The smallest absolute Gasteiger partial charge is 0.277 e. The van der Waals surface area contributed by atoms with Crippen LogP contribution in [0.15, 0.2) is 30.3 Å². The van der Waals surface area contributed by atoms with Crippen molar-refractivity contribution in [3.63, 3.8) is 0 Å². The first-order chi connectivity index (χ1) is 12.0. The van der Waals surface area contributed by atoms with Crippen molar-refractivity contribution in [2.75, 3.05) is 11.9 Å². The molecule has 2 aromatic rings. The van der Waals surface area contributed by atoms with Gasteiger partial charge in [-0.3, -0.25) is 9.63 Å². The predicted molar refractivity (Wildman–Crippen MR) is 99.7 cm³/mol. The molecule has 0 aliphatic heterocycles. The lowest BCUT2D eigenvalue weighted by molar-refractivity contribution is 0.0270. The van der Waals surface area contributed by atoms with Gasteiger partial charge < -0.3 is 5.32 Å². The van der Waals surface area contributed by atoms with E-state index in [0.29, 0.717) is 18.2 Å². The summed E-state index contributed by atoms with van der Waals surface area (Å²) in [4.78, 5) is 17.4. The number of benzene rings is 2. The Kier molecular flexibility index (Phi) is 5.53. The van der Waals surface area contributed by atoms with Gasteiger partial charge in [0, 0.05) is 9.26 Å². The molecule has 25 heavy (non-hydrogen) atoms. The van der Waals surface area contributed by atoms with E-state index >= 15 is 0 Å². The van der Waals surface area contributed by atoms with Crippen LogP contribution in [0, 0.1) is 28.0 Å². The van der Waals surface area contributed by atoms with Gasteiger partial charge in [-0.15, -0.1) is 0 Å². The van der Waals surface area contributed by atoms with Crippen molar-refractivity contribution in [2.24, 2.45) is 5.92 Å². The minimum atomic E-state index is -1.10. The van der Waals surface area contributed by atoms with Crippen LogP contribution in [0.3, 0.4) is 0 Å². The van der Waals surface area contributed by atoms with E-state index in [4.69, 9.17) is 4.84 Å². The van der Waals surface area contributed by atoms with Gasteiger partial charge in [0.15, 0.2) is 11.6 Å². The Hall–Kier alpha value is -1.74. The molecule has 0 unspecified atom stereocenters. The Morgan fingerprint density at radius 2 is 2.04 bits per heavy atom. The van der Waals surface area contributed by atoms with E-state index in [2.05, 4.69) is 33.4 Å². The fraction of sp³-hybridized carbons (Fsp3) is 0.278. The number of nitrogens with one attached hydrogen (secondary N) is 2. The Bertz CT molecular complexity index is 810. The third-order valence-electron chi connectivity index (χ3n) is 3.97. The van der Waals surface area contributed by atoms with E-state index < -0.39 is 17.5 Å². The van der Waals surface area contributed by atoms with Crippen molar-refractivity contribution in [3.8, 4) is 0 Å². The van der Waals surface area contributed by atoms with Crippen molar-refractivity contribution in [1.82, 2.24) is 5.48 Å². The molecule has 1 saturated carbocycles. The summed E-state index contributed by atoms with van der Waals surface area (Å²) in [7, 11) is 0. The van der Waals surface area contributed by atoms with Gasteiger partial charge in [-0.2, -0.15) is 0 Å². The molecular formula is C18H17F2IN2O2. The topological polar surface area (TPSA) is 50.4 Å². The number of hydrogen-bond acceptors (Lipinski definition) is 3. The number of halogens is 3. The number of aryl methyl sites for hydroxylation is 1. The molecule has 132 valence electrons. The molecule has 1 fully saturated rings. The summed E-state index contributed by atoms with van der Waals surface area (Å²) in [6.45, 7) is 2.27. The third-order valence-corrected chi connectivity index (χ3v) is 4.64. The van der Waals surface area contributed by atoms with Crippen molar-refractivity contribution in [2.45, 2.75) is 19.8 Å². The number of anilines is 2. The van der Waals surface area contributed by atoms with Crippen molar-refractivity contribution in [3.05, 3.63) is 56.7 Å². The zero-order valence-corrected chi connectivity index (χ0v) is 15.7. The molecule has 0 radical (unpaired) electrons. The van der Waals surface area contributed by atoms with Crippen LogP contribution in [0.5, 0.6) is 0 Å². The van der Waals surface area contributed by atoms with E-state index in [1.807, 2.05) is 19.1 Å². The van der Waals surface area contributed by atoms with E-state index in [0.717, 1.165) is 28.0 Å². The van der Waals surface area contributed by atoms with Gasteiger partial charge in [-0.05, 0) is 84.2 Å². The molecule has 2 aromatic carbocycles. The zero-order valence-electron chi connectivity index (χ0n) is 13.5. The quantitative estimate of drug-likeness (QED) is 0.488. The molecule has 0 spiro atoms. The van der Waals surface area contributed by atoms with Crippen LogP contribution in [-0.4, -0.2) is 12.5 Å². The number of hydroxylamine groups is 1. The SMILES string of the molecule is Cc1cc(I)ccc1Nc1c(C(=O)NOCC2CC2)ccc(F)c1F. The Balaban J connectivity index is 1.85. The fourth-order valence-corrected chi connectivity index (χ4v) is 2.98. The second-order valence-corrected chi connectivity index (χ2v) is 7.30. The second-order valence-electron chi connectivity index (χ2n) is 6.05. The normalized spacial score (nSPS) is 13.6. The first-order valence-electron chi connectivity index (χ1n) is 7.89. The van der Waals surface area contributed by atoms with Gasteiger partial charge in [0.2, 0.25) is 0 Å². The number of rotatable bonds is 6. The average Bonchev–Trinajstić information content (AvgIpc) is 3.38. The van der Waals surface area contributed by atoms with Crippen LogP contribution in [0.1, 0.15) is 28.8 Å². The molecule has 0 saturated heterocycles. The van der Waals surface area contributed by atoms with Gasteiger partial charge >= 0.3 is 0 Å². The summed E-state index contributed by atoms with van der Waals surface area (Å²) in [5, 5.41) is 2.83. The third kappa shape index (κ3) is 4.46. The monoisotopic (exact) mass is 458 g/mol. The predicted octanol–water partition coefficient (Wildman–Crippen LogP) is 4.69. The standard InChI is InChI=1S/C18H17F2IN2O2/c1-10-8-12(21)4-7-15(10)22-17-13(5-6-14(19)16(17)20)18(24)23-25-9-11-2-3-11/h4-8,11,22H,2-3,9H2,1H3,(H,23,24). The van der Waals surface area contributed by atoms with Crippen LogP contribution in [0.25, 0.3) is 0 Å². The van der Waals surface area contributed by atoms with Gasteiger partial charge in [0.25, 0.3) is 5.91 Å². The molecule has 0 heterocycles. The van der Waals surface area contributed by atoms with Crippen LogP contribution in [0.2, 0.25) is 0 Å². The highest BCUT2D eigenvalue weighted by Gasteiger charge is 2.23. The molecular weight excluding hydrogens is 441 g/mol.